The first-order valence-electron chi connectivity index (χ1n) is 7.29. The molecule has 0 amide bonds. The van der Waals surface area contributed by atoms with E-state index in [0.717, 1.165) is 43.3 Å². The molecule has 0 saturated carbocycles. The van der Waals surface area contributed by atoms with Crippen molar-refractivity contribution in [1.82, 2.24) is 9.78 Å². The van der Waals surface area contributed by atoms with Crippen molar-refractivity contribution in [1.29, 1.82) is 0 Å². The van der Waals surface area contributed by atoms with Gasteiger partial charge in [0.2, 0.25) is 0 Å². The summed E-state index contributed by atoms with van der Waals surface area (Å²) < 4.78 is 2.04. The third-order valence-electron chi connectivity index (χ3n) is 3.48. The van der Waals surface area contributed by atoms with Gasteiger partial charge in [0.25, 0.3) is 0 Å². The van der Waals surface area contributed by atoms with Gasteiger partial charge in [0.05, 0.1) is 11.4 Å². The van der Waals surface area contributed by atoms with Gasteiger partial charge in [-0.3, -0.25) is 0 Å². The molecule has 0 bridgehead atoms. The predicted molar refractivity (Wildman–Crippen MR) is 84.8 cm³/mol. The van der Waals surface area contributed by atoms with Crippen molar-refractivity contribution >= 4 is 11.5 Å². The van der Waals surface area contributed by atoms with Crippen LogP contribution in [0.5, 0.6) is 0 Å². The molecule has 1 aromatic heterocycles. The lowest BCUT2D eigenvalue weighted by Crippen LogP contribution is -2.26. The summed E-state index contributed by atoms with van der Waals surface area (Å²) in [5.74, 6) is 1.05. The van der Waals surface area contributed by atoms with Crippen LogP contribution in [0.3, 0.4) is 0 Å². The zero-order valence-electron chi connectivity index (χ0n) is 12.6. The minimum absolute atomic E-state index is 0.802. The highest BCUT2D eigenvalue weighted by molar-refractivity contribution is 5.66. The van der Waals surface area contributed by atoms with E-state index in [9.17, 15) is 0 Å². The van der Waals surface area contributed by atoms with Gasteiger partial charge in [-0.25, -0.2) is 4.68 Å². The van der Waals surface area contributed by atoms with Gasteiger partial charge in [0.15, 0.2) is 5.82 Å². The second-order valence-electron chi connectivity index (χ2n) is 5.05. The lowest BCUT2D eigenvalue weighted by molar-refractivity contribution is 0.585. The van der Waals surface area contributed by atoms with Crippen molar-refractivity contribution in [2.24, 2.45) is 0 Å². The maximum absolute atomic E-state index is 6.24. The number of benzene rings is 1. The van der Waals surface area contributed by atoms with Gasteiger partial charge in [-0.15, -0.1) is 0 Å². The van der Waals surface area contributed by atoms with E-state index < -0.39 is 0 Å². The molecule has 108 valence electrons. The first-order valence-corrected chi connectivity index (χ1v) is 7.29. The molecule has 0 aliphatic carbocycles. The number of hydrogen-bond acceptors (Lipinski definition) is 3. The van der Waals surface area contributed by atoms with Crippen LogP contribution in [-0.2, 0) is 13.1 Å². The molecule has 2 rings (SSSR count). The number of rotatable bonds is 6. The van der Waals surface area contributed by atoms with Crippen molar-refractivity contribution in [3.05, 3.63) is 41.6 Å². The molecule has 1 aromatic carbocycles. The van der Waals surface area contributed by atoms with E-state index in [4.69, 9.17) is 5.73 Å². The average Bonchev–Trinajstić information content (AvgIpc) is 2.73. The van der Waals surface area contributed by atoms with E-state index in [-0.39, 0.29) is 0 Å². The number of nitrogens with two attached hydrogens (primary N) is 1. The highest BCUT2D eigenvalue weighted by atomic mass is 15.4. The molecule has 0 atom stereocenters. The molecule has 2 aromatic rings. The normalized spacial score (nSPS) is 10.8. The van der Waals surface area contributed by atoms with Crippen LogP contribution < -0.4 is 10.6 Å². The number of anilines is 2. The fourth-order valence-electron chi connectivity index (χ4n) is 2.42. The van der Waals surface area contributed by atoms with Gasteiger partial charge in [-0.2, -0.15) is 5.10 Å². The van der Waals surface area contributed by atoms with Crippen molar-refractivity contribution in [2.75, 3.05) is 17.2 Å². The first-order chi connectivity index (χ1) is 9.67. The van der Waals surface area contributed by atoms with Gasteiger partial charge < -0.3 is 10.6 Å². The van der Waals surface area contributed by atoms with Gasteiger partial charge in [-0.1, -0.05) is 37.3 Å². The van der Waals surface area contributed by atoms with Crippen molar-refractivity contribution in [3.8, 4) is 0 Å². The summed E-state index contributed by atoms with van der Waals surface area (Å²) in [6.45, 7) is 8.95. The summed E-state index contributed by atoms with van der Waals surface area (Å²) in [6.07, 6.45) is 1.05. The van der Waals surface area contributed by atoms with Crippen LogP contribution in [0.15, 0.2) is 30.3 Å². The topological polar surface area (TPSA) is 47.1 Å². The maximum atomic E-state index is 6.24. The quantitative estimate of drug-likeness (QED) is 0.878. The molecule has 0 spiro atoms. The Morgan fingerprint density at radius 2 is 1.90 bits per heavy atom. The Hall–Kier alpha value is -1.97. The summed E-state index contributed by atoms with van der Waals surface area (Å²) in [5.41, 5.74) is 9.25. The van der Waals surface area contributed by atoms with Crippen molar-refractivity contribution in [2.45, 2.75) is 40.3 Å². The fourth-order valence-corrected chi connectivity index (χ4v) is 2.42. The van der Waals surface area contributed by atoms with Crippen LogP contribution in [0.4, 0.5) is 11.5 Å². The molecule has 0 saturated heterocycles. The third kappa shape index (κ3) is 2.95. The van der Waals surface area contributed by atoms with Gasteiger partial charge in [-0.05, 0) is 25.8 Å². The zero-order valence-corrected chi connectivity index (χ0v) is 12.6. The Morgan fingerprint density at radius 3 is 2.50 bits per heavy atom. The van der Waals surface area contributed by atoms with Crippen molar-refractivity contribution < 1.29 is 0 Å². The van der Waals surface area contributed by atoms with Crippen molar-refractivity contribution in [3.63, 3.8) is 0 Å². The van der Waals surface area contributed by atoms with Crippen LogP contribution in [0.1, 0.15) is 31.5 Å². The SMILES string of the molecule is CCCn1nc(C)c(N)c1N(CC)Cc1ccccc1. The molecule has 2 N–H and O–H groups in total. The molecule has 0 radical (unpaired) electrons. The van der Waals surface area contributed by atoms with Gasteiger partial charge >= 0.3 is 0 Å². The molecule has 4 nitrogen and oxygen atoms in total. The van der Waals surface area contributed by atoms with Crippen LogP contribution in [0.25, 0.3) is 0 Å². The Balaban J connectivity index is 2.31. The van der Waals surface area contributed by atoms with Crippen LogP contribution in [0, 0.1) is 6.92 Å². The standard InChI is InChI=1S/C16H24N4/c1-4-11-20-16(15(17)13(3)18-20)19(5-2)12-14-9-7-6-8-10-14/h6-10H,4-5,11-12,17H2,1-3H3. The number of aryl methyl sites for hydroxylation is 2. The molecule has 0 unspecified atom stereocenters. The molecule has 1 heterocycles. The zero-order chi connectivity index (χ0) is 14.5. The van der Waals surface area contributed by atoms with E-state index in [1.807, 2.05) is 17.7 Å². The van der Waals surface area contributed by atoms with E-state index in [1.54, 1.807) is 0 Å². The van der Waals surface area contributed by atoms with Crippen LogP contribution >= 0.6 is 0 Å². The Bertz CT molecular complexity index is 545. The second kappa shape index (κ2) is 6.46. The summed E-state index contributed by atoms with van der Waals surface area (Å²) in [4.78, 5) is 2.29. The number of nitrogens with zero attached hydrogens (tertiary/aromatic N) is 3. The van der Waals surface area contributed by atoms with Crippen LogP contribution in [0.2, 0.25) is 0 Å². The monoisotopic (exact) mass is 272 g/mol. The lowest BCUT2D eigenvalue weighted by Gasteiger charge is -2.24. The minimum Gasteiger partial charge on any atom is -0.394 e. The molecular formula is C16H24N4. The third-order valence-corrected chi connectivity index (χ3v) is 3.48. The average molecular weight is 272 g/mol. The minimum atomic E-state index is 0.802. The first kappa shape index (κ1) is 14.4. The number of nitrogen functional groups attached to an aromatic ring is 1. The summed E-state index contributed by atoms with van der Waals surface area (Å²) in [7, 11) is 0. The van der Waals surface area contributed by atoms with Crippen LogP contribution in [-0.4, -0.2) is 16.3 Å². The smallest absolute Gasteiger partial charge is 0.150 e. The second-order valence-corrected chi connectivity index (χ2v) is 5.05. The predicted octanol–water partition coefficient (Wildman–Crippen LogP) is 3.21. The molecule has 0 aliphatic heterocycles. The Labute approximate surface area is 121 Å². The molecule has 0 aliphatic rings. The Kier molecular flexibility index (Phi) is 4.66. The number of hydrogen-bond donors (Lipinski definition) is 1. The molecule has 0 fully saturated rings. The van der Waals surface area contributed by atoms with E-state index >= 15 is 0 Å². The maximum Gasteiger partial charge on any atom is 0.150 e. The molecular weight excluding hydrogens is 248 g/mol. The molecule has 20 heavy (non-hydrogen) atoms. The van der Waals surface area contributed by atoms with Gasteiger partial charge in [0.1, 0.15) is 0 Å². The van der Waals surface area contributed by atoms with Gasteiger partial charge in [0, 0.05) is 19.6 Å². The van der Waals surface area contributed by atoms with E-state index in [0.29, 0.717) is 0 Å². The number of aromatic nitrogens is 2. The lowest BCUT2D eigenvalue weighted by atomic mass is 10.2. The van der Waals surface area contributed by atoms with E-state index in [1.165, 1.54) is 5.56 Å². The summed E-state index contributed by atoms with van der Waals surface area (Å²) >= 11 is 0. The van der Waals surface area contributed by atoms with E-state index in [2.05, 4.69) is 48.1 Å². The fraction of sp³-hybridized carbons (Fsp3) is 0.438. The highest BCUT2D eigenvalue weighted by Gasteiger charge is 2.17. The summed E-state index contributed by atoms with van der Waals surface area (Å²) in [5, 5.41) is 4.56. The largest absolute Gasteiger partial charge is 0.394 e. The Morgan fingerprint density at radius 1 is 1.20 bits per heavy atom. The molecule has 4 heteroatoms. The summed E-state index contributed by atoms with van der Waals surface area (Å²) in [6, 6.07) is 10.5. The highest BCUT2D eigenvalue weighted by Crippen LogP contribution is 2.28.